The van der Waals surface area contributed by atoms with Crippen molar-refractivity contribution in [3.8, 4) is 0 Å². The molecule has 1 aliphatic heterocycles. The number of ether oxygens (including phenoxy) is 1. The summed E-state index contributed by atoms with van der Waals surface area (Å²) < 4.78 is 16.9. The zero-order valence-electron chi connectivity index (χ0n) is 10.7. The van der Waals surface area contributed by atoms with Crippen molar-refractivity contribution >= 4 is 7.60 Å². The summed E-state index contributed by atoms with van der Waals surface area (Å²) in [6.45, 7) is -0.535. The maximum absolute atomic E-state index is 11.8. The zero-order valence-corrected chi connectivity index (χ0v) is 11.6. The fraction of sp³-hybridized carbons (Fsp3) is 0.600. The lowest BCUT2D eigenvalue weighted by atomic mass is 10.1. The molecule has 0 bridgehead atoms. The van der Waals surface area contributed by atoms with Crippen molar-refractivity contribution in [3.63, 3.8) is 0 Å². The van der Waals surface area contributed by atoms with Crippen molar-refractivity contribution in [2.24, 2.45) is 0 Å². The topological polar surface area (TPSA) is 162 Å². The number of aliphatic hydroxyl groups excluding tert-OH is 3. The van der Waals surface area contributed by atoms with E-state index in [4.69, 9.17) is 19.6 Å². The Labute approximate surface area is 118 Å². The summed E-state index contributed by atoms with van der Waals surface area (Å²) in [7, 11) is -4.35. The predicted molar refractivity (Wildman–Crippen MR) is 67.3 cm³/mol. The minimum atomic E-state index is -4.35. The minimum Gasteiger partial charge on any atom is -0.394 e. The molecular formula is C10H15N2O8P. The predicted octanol–water partition coefficient (Wildman–Crippen LogP) is -2.47. The largest absolute Gasteiger partial charge is 0.394 e. The van der Waals surface area contributed by atoms with Crippen molar-refractivity contribution in [2.45, 2.75) is 30.7 Å². The highest BCUT2D eigenvalue weighted by atomic mass is 31.2. The Morgan fingerprint density at radius 1 is 1.33 bits per heavy atom. The van der Waals surface area contributed by atoms with Gasteiger partial charge in [-0.05, 0) is 6.07 Å². The smallest absolute Gasteiger partial charge is 0.350 e. The van der Waals surface area contributed by atoms with Crippen LogP contribution in [-0.4, -0.2) is 59.6 Å². The summed E-state index contributed by atoms with van der Waals surface area (Å²) >= 11 is 0. The van der Waals surface area contributed by atoms with Crippen LogP contribution < -0.4 is 5.69 Å². The lowest BCUT2D eigenvalue weighted by Gasteiger charge is -2.17. The van der Waals surface area contributed by atoms with Gasteiger partial charge in [0.25, 0.3) is 0 Å². The van der Waals surface area contributed by atoms with Gasteiger partial charge in [0.15, 0.2) is 6.23 Å². The van der Waals surface area contributed by atoms with E-state index in [0.717, 1.165) is 10.8 Å². The first-order valence-electron chi connectivity index (χ1n) is 5.98. The number of hydrogen-bond acceptors (Lipinski definition) is 7. The van der Waals surface area contributed by atoms with Gasteiger partial charge in [-0.3, -0.25) is 9.13 Å². The van der Waals surface area contributed by atoms with Crippen LogP contribution >= 0.6 is 7.60 Å². The molecule has 1 fully saturated rings. The van der Waals surface area contributed by atoms with Crippen LogP contribution in [0.1, 0.15) is 11.9 Å². The standard InChI is InChI=1S/C10H15N2O8P/c13-3-6-7(14)8(15)9(20-6)12-2-1-5(11-10(12)16)4-21(17,18)19/h1-2,6-9,13-15H,3-4H2,(H2,17,18,19)/t6-,7-,8-,9-/m1/s1. The van der Waals surface area contributed by atoms with Crippen molar-refractivity contribution in [2.75, 3.05) is 6.61 Å². The summed E-state index contributed by atoms with van der Waals surface area (Å²) in [5.41, 5.74) is -0.993. The second-order valence-corrected chi connectivity index (χ2v) is 6.31. The van der Waals surface area contributed by atoms with Crippen LogP contribution in [0.3, 0.4) is 0 Å². The van der Waals surface area contributed by atoms with E-state index in [1.165, 1.54) is 6.07 Å². The molecule has 5 N–H and O–H groups in total. The van der Waals surface area contributed by atoms with E-state index >= 15 is 0 Å². The van der Waals surface area contributed by atoms with Crippen LogP contribution in [-0.2, 0) is 15.5 Å². The molecule has 21 heavy (non-hydrogen) atoms. The van der Waals surface area contributed by atoms with E-state index in [-0.39, 0.29) is 5.69 Å². The monoisotopic (exact) mass is 322 g/mol. The number of rotatable bonds is 4. The third kappa shape index (κ3) is 3.55. The van der Waals surface area contributed by atoms with Crippen LogP contribution in [0.5, 0.6) is 0 Å². The molecule has 4 atom stereocenters. The number of aromatic nitrogens is 2. The highest BCUT2D eigenvalue weighted by Gasteiger charge is 2.43. The van der Waals surface area contributed by atoms with Gasteiger partial charge >= 0.3 is 13.3 Å². The number of aliphatic hydroxyl groups is 3. The van der Waals surface area contributed by atoms with Crippen LogP contribution in [0.25, 0.3) is 0 Å². The Morgan fingerprint density at radius 2 is 2.00 bits per heavy atom. The molecule has 2 heterocycles. The lowest BCUT2D eigenvalue weighted by Crippen LogP contribution is -2.36. The van der Waals surface area contributed by atoms with Crippen molar-refractivity contribution in [3.05, 3.63) is 28.4 Å². The quantitative estimate of drug-likeness (QED) is 0.378. The van der Waals surface area contributed by atoms with Gasteiger partial charge < -0.3 is 29.8 Å². The van der Waals surface area contributed by atoms with Gasteiger partial charge in [0.2, 0.25) is 0 Å². The average Bonchev–Trinajstić information content (AvgIpc) is 2.65. The summed E-state index contributed by atoms with van der Waals surface area (Å²) in [6, 6.07) is 1.20. The van der Waals surface area contributed by atoms with Gasteiger partial charge in [-0.2, -0.15) is 4.98 Å². The SMILES string of the molecule is O=c1nc(CP(=O)(O)O)ccn1[C@@H]1O[C@H](CO)[C@@H](O)[C@H]1O. The van der Waals surface area contributed by atoms with Crippen molar-refractivity contribution in [1.29, 1.82) is 0 Å². The van der Waals surface area contributed by atoms with E-state index in [2.05, 4.69) is 4.98 Å². The molecule has 1 aromatic heterocycles. The molecule has 0 saturated carbocycles. The molecule has 0 aromatic carbocycles. The molecule has 1 saturated heterocycles. The zero-order chi connectivity index (χ0) is 15.8. The molecule has 10 nitrogen and oxygen atoms in total. The molecule has 118 valence electrons. The highest BCUT2D eigenvalue weighted by molar-refractivity contribution is 7.50. The maximum Gasteiger partial charge on any atom is 0.350 e. The van der Waals surface area contributed by atoms with E-state index in [1.54, 1.807) is 0 Å². The van der Waals surface area contributed by atoms with Gasteiger partial charge in [-0.1, -0.05) is 0 Å². The molecular weight excluding hydrogens is 307 g/mol. The molecule has 1 aromatic rings. The fourth-order valence-electron chi connectivity index (χ4n) is 2.05. The van der Waals surface area contributed by atoms with Gasteiger partial charge in [0.1, 0.15) is 18.3 Å². The molecule has 0 amide bonds. The Balaban J connectivity index is 2.26. The second-order valence-electron chi connectivity index (χ2n) is 4.66. The van der Waals surface area contributed by atoms with Crippen LogP contribution in [0, 0.1) is 0 Å². The Kier molecular flexibility index (Phi) is 4.59. The third-order valence-corrected chi connectivity index (χ3v) is 3.78. The van der Waals surface area contributed by atoms with E-state index < -0.39 is 50.6 Å². The van der Waals surface area contributed by atoms with Gasteiger partial charge in [-0.25, -0.2) is 4.79 Å². The number of nitrogens with zero attached hydrogens (tertiary/aromatic N) is 2. The molecule has 2 rings (SSSR count). The van der Waals surface area contributed by atoms with Gasteiger partial charge in [0.05, 0.1) is 18.5 Å². The second kappa shape index (κ2) is 5.93. The van der Waals surface area contributed by atoms with Crippen molar-refractivity contribution in [1.82, 2.24) is 9.55 Å². The summed E-state index contributed by atoms with van der Waals surface area (Å²) in [5, 5.41) is 28.4. The first kappa shape index (κ1) is 16.2. The van der Waals surface area contributed by atoms with Crippen LogP contribution in [0.2, 0.25) is 0 Å². The first-order valence-corrected chi connectivity index (χ1v) is 7.78. The van der Waals surface area contributed by atoms with E-state index in [9.17, 15) is 19.6 Å². The average molecular weight is 322 g/mol. The third-order valence-electron chi connectivity index (χ3n) is 3.05. The molecule has 0 radical (unpaired) electrons. The molecule has 1 aliphatic rings. The van der Waals surface area contributed by atoms with Gasteiger partial charge in [0, 0.05) is 6.20 Å². The first-order chi connectivity index (χ1) is 9.73. The Hall–Kier alpha value is -1.13. The molecule has 0 aliphatic carbocycles. The van der Waals surface area contributed by atoms with E-state index in [1.807, 2.05) is 0 Å². The maximum atomic E-state index is 11.8. The number of hydrogen-bond donors (Lipinski definition) is 5. The highest BCUT2D eigenvalue weighted by Crippen LogP contribution is 2.38. The molecule has 0 spiro atoms. The normalized spacial score (nSPS) is 29.8. The Morgan fingerprint density at radius 3 is 2.48 bits per heavy atom. The summed E-state index contributed by atoms with van der Waals surface area (Å²) in [4.78, 5) is 33.0. The molecule has 0 unspecified atom stereocenters. The van der Waals surface area contributed by atoms with Gasteiger partial charge in [-0.15, -0.1) is 0 Å². The van der Waals surface area contributed by atoms with Crippen molar-refractivity contribution < 1.29 is 34.4 Å². The summed E-state index contributed by atoms with van der Waals surface area (Å²) in [6.07, 6.45) is -4.59. The minimum absolute atomic E-state index is 0.101. The Bertz CT molecular complexity index is 613. The molecule has 11 heteroatoms. The fourth-order valence-corrected chi connectivity index (χ4v) is 2.65. The van der Waals surface area contributed by atoms with Crippen LogP contribution in [0.15, 0.2) is 17.1 Å². The van der Waals surface area contributed by atoms with Crippen LogP contribution in [0.4, 0.5) is 0 Å². The summed E-state index contributed by atoms with van der Waals surface area (Å²) in [5.74, 6) is 0. The van der Waals surface area contributed by atoms with E-state index in [0.29, 0.717) is 0 Å². The lowest BCUT2D eigenvalue weighted by molar-refractivity contribution is -0.0550.